The minimum Gasteiger partial charge on any atom is -0.371 e. The van der Waals surface area contributed by atoms with Crippen LogP contribution in [0.25, 0.3) is 27.8 Å². The largest absolute Gasteiger partial charge is 0.371 e. The quantitative estimate of drug-likeness (QED) is 0.409. The van der Waals surface area contributed by atoms with E-state index in [1.54, 1.807) is 18.7 Å². The van der Waals surface area contributed by atoms with Crippen molar-refractivity contribution in [2.75, 3.05) is 5.32 Å². The summed E-state index contributed by atoms with van der Waals surface area (Å²) in [6, 6.07) is 24.4. The lowest BCUT2D eigenvalue weighted by Crippen LogP contribution is -2.37. The lowest BCUT2D eigenvalue weighted by molar-refractivity contribution is 0.708. The van der Waals surface area contributed by atoms with Crippen molar-refractivity contribution in [1.29, 1.82) is 0 Å². The Balaban J connectivity index is 1.86. The number of hydrogen-bond donors (Lipinski definition) is 1. The predicted octanol–water partition coefficient (Wildman–Crippen LogP) is 4.83. The molecular formula is C29H26N4O2. The van der Waals surface area contributed by atoms with Crippen molar-refractivity contribution < 1.29 is 0 Å². The number of nitrogens with zero attached hydrogens (tertiary/aromatic N) is 3. The van der Waals surface area contributed by atoms with Crippen LogP contribution in [-0.4, -0.2) is 13.7 Å². The summed E-state index contributed by atoms with van der Waals surface area (Å²) in [6.07, 6.45) is 0. The Labute approximate surface area is 202 Å². The lowest BCUT2D eigenvalue weighted by Gasteiger charge is -2.31. The lowest BCUT2D eigenvalue weighted by atomic mass is 9.98. The average molecular weight is 463 g/mol. The van der Waals surface area contributed by atoms with E-state index in [-0.39, 0.29) is 17.3 Å². The molecule has 6 nitrogen and oxygen atoms in total. The fraction of sp³-hybridized carbons (Fsp3) is 0.172. The molecule has 1 atom stereocenters. The monoisotopic (exact) mass is 462 g/mol. The second-order valence-corrected chi connectivity index (χ2v) is 9.37. The molecule has 0 fully saturated rings. The van der Waals surface area contributed by atoms with Crippen LogP contribution >= 0.6 is 0 Å². The van der Waals surface area contributed by atoms with Gasteiger partial charge < -0.3 is 9.88 Å². The van der Waals surface area contributed by atoms with Gasteiger partial charge in [-0.3, -0.25) is 13.9 Å². The molecule has 0 amide bonds. The summed E-state index contributed by atoms with van der Waals surface area (Å²) in [7, 11) is 3.29. The second kappa shape index (κ2) is 7.60. The summed E-state index contributed by atoms with van der Waals surface area (Å²) in [6.45, 7) is 4.12. The maximum absolute atomic E-state index is 13.7. The summed E-state index contributed by atoms with van der Waals surface area (Å²) < 4.78 is 4.99. The number of fused-ring (bicyclic) bond motifs is 5. The summed E-state index contributed by atoms with van der Waals surface area (Å²) in [5, 5.41) is 4.24. The molecule has 0 saturated carbocycles. The number of benzene rings is 3. The molecule has 6 rings (SSSR count). The third-order valence-corrected chi connectivity index (χ3v) is 7.03. The Morgan fingerprint density at radius 1 is 0.800 bits per heavy atom. The smallest absolute Gasteiger partial charge is 0.331 e. The van der Waals surface area contributed by atoms with E-state index in [0.717, 1.165) is 45.0 Å². The van der Waals surface area contributed by atoms with Gasteiger partial charge >= 0.3 is 5.69 Å². The van der Waals surface area contributed by atoms with Crippen molar-refractivity contribution >= 4 is 16.6 Å². The van der Waals surface area contributed by atoms with E-state index in [2.05, 4.69) is 59.3 Å². The van der Waals surface area contributed by atoms with E-state index >= 15 is 0 Å². The van der Waals surface area contributed by atoms with Gasteiger partial charge in [-0.05, 0) is 37.1 Å². The molecule has 0 bridgehead atoms. The zero-order chi connectivity index (χ0) is 24.4. The molecule has 174 valence electrons. The third kappa shape index (κ3) is 3.03. The van der Waals surface area contributed by atoms with Gasteiger partial charge in [0.1, 0.15) is 0 Å². The number of rotatable bonds is 2. The van der Waals surface area contributed by atoms with E-state index < -0.39 is 0 Å². The van der Waals surface area contributed by atoms with Crippen LogP contribution in [0.1, 0.15) is 28.4 Å². The van der Waals surface area contributed by atoms with E-state index in [0.29, 0.717) is 10.9 Å². The van der Waals surface area contributed by atoms with Crippen LogP contribution in [0, 0.1) is 13.8 Å². The zero-order valence-electron chi connectivity index (χ0n) is 20.2. The maximum Gasteiger partial charge on any atom is 0.331 e. The van der Waals surface area contributed by atoms with Gasteiger partial charge in [-0.2, -0.15) is 0 Å². The van der Waals surface area contributed by atoms with Gasteiger partial charge in [0.2, 0.25) is 0 Å². The topological polar surface area (TPSA) is 61.0 Å². The number of anilines is 1. The Kier molecular flexibility index (Phi) is 4.61. The van der Waals surface area contributed by atoms with Crippen molar-refractivity contribution in [3.8, 4) is 16.9 Å². The summed E-state index contributed by atoms with van der Waals surface area (Å²) in [5.41, 5.74) is 7.93. The van der Waals surface area contributed by atoms with E-state index in [9.17, 15) is 9.59 Å². The molecule has 1 N–H and O–H groups in total. The van der Waals surface area contributed by atoms with Gasteiger partial charge in [0.25, 0.3) is 5.56 Å². The number of aryl methyl sites for hydroxylation is 3. The van der Waals surface area contributed by atoms with Gasteiger partial charge in [0, 0.05) is 14.1 Å². The van der Waals surface area contributed by atoms with E-state index in [1.807, 2.05) is 37.3 Å². The van der Waals surface area contributed by atoms with Gasteiger partial charge in [-0.25, -0.2) is 4.79 Å². The highest BCUT2D eigenvalue weighted by Gasteiger charge is 2.34. The van der Waals surface area contributed by atoms with Crippen LogP contribution in [-0.2, 0) is 14.1 Å². The molecule has 6 heteroatoms. The molecule has 0 aliphatic carbocycles. The summed E-state index contributed by atoms with van der Waals surface area (Å²) >= 11 is 0. The number of aromatic nitrogens is 3. The van der Waals surface area contributed by atoms with Crippen molar-refractivity contribution in [2.45, 2.75) is 19.9 Å². The molecule has 2 aromatic heterocycles. The normalized spacial score (nSPS) is 14.5. The number of nitrogens with one attached hydrogen (secondary N) is 1. The predicted molar refractivity (Wildman–Crippen MR) is 141 cm³/mol. The molecule has 3 heterocycles. The third-order valence-electron chi connectivity index (χ3n) is 7.03. The van der Waals surface area contributed by atoms with Crippen molar-refractivity contribution in [3.05, 3.63) is 116 Å². The van der Waals surface area contributed by atoms with Gasteiger partial charge in [0.15, 0.2) is 0 Å². The molecule has 1 aliphatic rings. The molecule has 0 spiro atoms. The zero-order valence-corrected chi connectivity index (χ0v) is 20.2. The van der Waals surface area contributed by atoms with Crippen molar-refractivity contribution in [2.24, 2.45) is 14.1 Å². The van der Waals surface area contributed by atoms with Crippen LogP contribution in [0.15, 0.2) is 82.4 Å². The first kappa shape index (κ1) is 21.2. The van der Waals surface area contributed by atoms with Crippen LogP contribution in [0.3, 0.4) is 0 Å². The van der Waals surface area contributed by atoms with E-state index in [4.69, 9.17) is 0 Å². The molecule has 5 aromatic rings. The molecule has 1 aliphatic heterocycles. The first-order valence-corrected chi connectivity index (χ1v) is 11.7. The summed E-state index contributed by atoms with van der Waals surface area (Å²) in [5.74, 6) is 0. The minimum atomic E-state index is -0.340. The highest BCUT2D eigenvalue weighted by Crippen LogP contribution is 2.45. The van der Waals surface area contributed by atoms with Gasteiger partial charge in [-0.1, -0.05) is 71.8 Å². The first-order chi connectivity index (χ1) is 16.9. The molecule has 3 aromatic carbocycles. The SMILES string of the molecule is Cc1ccc(-c2c3c(=O)n(C)c(=O)n(C)c3c3n2-c2ccccc2N[C@@H]3c2cccc(C)c2)cc1. The number of hydrogen-bond acceptors (Lipinski definition) is 3. The van der Waals surface area contributed by atoms with Crippen molar-refractivity contribution in [3.63, 3.8) is 0 Å². The van der Waals surface area contributed by atoms with Crippen LogP contribution < -0.4 is 16.6 Å². The highest BCUT2D eigenvalue weighted by molar-refractivity contribution is 5.99. The fourth-order valence-corrected chi connectivity index (χ4v) is 5.30. The Bertz CT molecular complexity index is 1750. The molecule has 0 saturated heterocycles. The standard InChI is InChI=1S/C29H26N4O2/c1-17-12-14-19(15-13-17)25-23-26(31(3)29(35)32(4)28(23)34)27-24(20-9-7-8-18(2)16-20)30-21-10-5-6-11-22(21)33(25)27/h5-16,24,30H,1-4H3/t24-/m1/s1. The molecule has 0 radical (unpaired) electrons. The first-order valence-electron chi connectivity index (χ1n) is 11.7. The van der Waals surface area contributed by atoms with E-state index in [1.165, 1.54) is 4.57 Å². The van der Waals surface area contributed by atoms with Crippen LogP contribution in [0.4, 0.5) is 5.69 Å². The Hall–Kier alpha value is -4.32. The molecule has 35 heavy (non-hydrogen) atoms. The molecular weight excluding hydrogens is 436 g/mol. The minimum absolute atomic E-state index is 0.246. The highest BCUT2D eigenvalue weighted by atomic mass is 16.2. The number of para-hydroxylation sites is 2. The average Bonchev–Trinajstić information content (AvgIpc) is 3.23. The summed E-state index contributed by atoms with van der Waals surface area (Å²) in [4.78, 5) is 26.8. The second-order valence-electron chi connectivity index (χ2n) is 9.37. The van der Waals surface area contributed by atoms with Crippen LogP contribution in [0.5, 0.6) is 0 Å². The van der Waals surface area contributed by atoms with Gasteiger partial charge in [-0.15, -0.1) is 0 Å². The van der Waals surface area contributed by atoms with Gasteiger partial charge in [0.05, 0.1) is 39.7 Å². The Morgan fingerprint density at radius 3 is 2.29 bits per heavy atom. The fourth-order valence-electron chi connectivity index (χ4n) is 5.30. The van der Waals surface area contributed by atoms with Crippen molar-refractivity contribution in [1.82, 2.24) is 13.7 Å². The Morgan fingerprint density at radius 2 is 1.54 bits per heavy atom. The maximum atomic E-state index is 13.7. The van der Waals surface area contributed by atoms with Crippen LogP contribution in [0.2, 0.25) is 0 Å². The molecule has 0 unspecified atom stereocenters.